The zero-order valence-electron chi connectivity index (χ0n) is 17.1. The normalized spacial score (nSPS) is 12.1. The van der Waals surface area contributed by atoms with Crippen LogP contribution in [0.1, 0.15) is 41.1 Å². The summed E-state index contributed by atoms with van der Waals surface area (Å²) in [5, 5.41) is 8.49. The third kappa shape index (κ3) is 7.79. The summed E-state index contributed by atoms with van der Waals surface area (Å²) in [5.74, 6) is 0.824. The van der Waals surface area contributed by atoms with Gasteiger partial charge in [0.15, 0.2) is 5.96 Å². The van der Waals surface area contributed by atoms with E-state index in [1.807, 2.05) is 38.2 Å². The molecule has 0 saturated heterocycles. The summed E-state index contributed by atoms with van der Waals surface area (Å²) in [6, 6.07) is 12.1. The molecule has 0 fully saturated rings. The van der Waals surface area contributed by atoms with Crippen molar-refractivity contribution in [1.29, 1.82) is 0 Å². The fourth-order valence-electron chi connectivity index (χ4n) is 2.64. The van der Waals surface area contributed by atoms with E-state index in [2.05, 4.69) is 45.0 Å². The predicted molar refractivity (Wildman–Crippen MR) is 130 cm³/mol. The smallest absolute Gasteiger partial charge is 0.251 e. The molecular formula is C21H31IN4OS. The molecule has 0 radical (unpaired) electrons. The van der Waals surface area contributed by atoms with E-state index >= 15 is 0 Å². The van der Waals surface area contributed by atoms with Crippen LogP contribution in [0.25, 0.3) is 0 Å². The summed E-state index contributed by atoms with van der Waals surface area (Å²) in [4.78, 5) is 20.2. The van der Waals surface area contributed by atoms with Crippen molar-refractivity contribution < 1.29 is 4.79 Å². The number of benzene rings is 1. The quantitative estimate of drug-likeness (QED) is 0.316. The molecule has 0 aliphatic carbocycles. The number of nitrogens with one attached hydrogen (secondary N) is 2. The van der Waals surface area contributed by atoms with Crippen LogP contribution >= 0.6 is 35.3 Å². The zero-order chi connectivity index (χ0) is 19.6. The molecule has 7 heteroatoms. The zero-order valence-corrected chi connectivity index (χ0v) is 20.2. The lowest BCUT2D eigenvalue weighted by molar-refractivity contribution is 0.0939. The van der Waals surface area contributed by atoms with E-state index in [1.165, 1.54) is 4.88 Å². The van der Waals surface area contributed by atoms with Gasteiger partial charge in [-0.2, -0.15) is 0 Å². The Labute approximate surface area is 189 Å². The Balaban J connectivity index is 0.00000392. The largest absolute Gasteiger partial charge is 0.352 e. The topological polar surface area (TPSA) is 56.7 Å². The summed E-state index contributed by atoms with van der Waals surface area (Å²) < 4.78 is 0. The van der Waals surface area contributed by atoms with Crippen molar-refractivity contribution in [3.63, 3.8) is 0 Å². The Kier molecular flexibility index (Phi) is 11.1. The minimum Gasteiger partial charge on any atom is -0.352 e. The molecule has 28 heavy (non-hydrogen) atoms. The maximum Gasteiger partial charge on any atom is 0.251 e. The highest BCUT2D eigenvalue weighted by atomic mass is 127. The molecule has 1 aromatic carbocycles. The standard InChI is InChI=1S/C21H30N4OS.HI/c1-5-16(2)24-20(26)18-9-6-8-17(14-18)15-23-21(22-3)25(4)12-11-19-10-7-13-27-19;/h6-10,13-14,16H,5,11-12,15H2,1-4H3,(H,22,23)(H,24,26);1H. The number of thiophene rings is 1. The summed E-state index contributed by atoms with van der Waals surface area (Å²) in [6.45, 7) is 5.60. The van der Waals surface area contributed by atoms with Gasteiger partial charge in [0.2, 0.25) is 0 Å². The molecule has 2 aromatic rings. The van der Waals surface area contributed by atoms with Crippen molar-refractivity contribution in [2.45, 2.75) is 39.3 Å². The maximum absolute atomic E-state index is 12.3. The molecule has 1 aromatic heterocycles. The molecule has 1 atom stereocenters. The highest BCUT2D eigenvalue weighted by Crippen LogP contribution is 2.10. The molecule has 2 N–H and O–H groups in total. The van der Waals surface area contributed by atoms with Gasteiger partial charge in [-0.25, -0.2) is 0 Å². The maximum atomic E-state index is 12.3. The van der Waals surface area contributed by atoms with Crippen molar-refractivity contribution in [3.05, 3.63) is 57.8 Å². The lowest BCUT2D eigenvalue weighted by Crippen LogP contribution is -2.39. The van der Waals surface area contributed by atoms with Crippen LogP contribution < -0.4 is 10.6 Å². The fourth-order valence-corrected chi connectivity index (χ4v) is 3.33. The van der Waals surface area contributed by atoms with Crippen LogP contribution in [0.3, 0.4) is 0 Å². The van der Waals surface area contributed by atoms with E-state index in [0.29, 0.717) is 12.1 Å². The van der Waals surface area contributed by atoms with E-state index in [9.17, 15) is 4.79 Å². The number of likely N-dealkylation sites (N-methyl/N-ethyl adjacent to an activating group) is 1. The summed E-state index contributed by atoms with van der Waals surface area (Å²) in [5.41, 5.74) is 1.75. The van der Waals surface area contributed by atoms with Gasteiger partial charge in [-0.05, 0) is 48.9 Å². The van der Waals surface area contributed by atoms with Gasteiger partial charge in [-0.15, -0.1) is 35.3 Å². The number of hydrogen-bond acceptors (Lipinski definition) is 3. The molecule has 0 saturated carbocycles. The second-order valence-electron chi connectivity index (χ2n) is 6.63. The number of amides is 1. The third-order valence-electron chi connectivity index (χ3n) is 4.48. The number of carbonyl (C=O) groups excluding carboxylic acids is 1. The first-order valence-electron chi connectivity index (χ1n) is 9.37. The second kappa shape index (κ2) is 12.8. The second-order valence-corrected chi connectivity index (χ2v) is 7.67. The summed E-state index contributed by atoms with van der Waals surface area (Å²) >= 11 is 1.78. The Hall–Kier alpha value is -1.61. The monoisotopic (exact) mass is 514 g/mol. The molecule has 5 nitrogen and oxygen atoms in total. The van der Waals surface area contributed by atoms with Gasteiger partial charge in [0, 0.05) is 43.7 Å². The molecule has 1 unspecified atom stereocenters. The molecule has 154 valence electrons. The van der Waals surface area contributed by atoms with Crippen LogP contribution in [0, 0.1) is 0 Å². The van der Waals surface area contributed by atoms with Gasteiger partial charge in [-0.3, -0.25) is 9.79 Å². The Morgan fingerprint density at radius 1 is 1.29 bits per heavy atom. The van der Waals surface area contributed by atoms with Crippen LogP contribution in [0.15, 0.2) is 46.8 Å². The van der Waals surface area contributed by atoms with Crippen LogP contribution in [0.5, 0.6) is 0 Å². The first-order valence-corrected chi connectivity index (χ1v) is 10.3. The number of halogens is 1. The Bertz CT molecular complexity index is 749. The van der Waals surface area contributed by atoms with Crippen molar-refractivity contribution in [1.82, 2.24) is 15.5 Å². The average molecular weight is 514 g/mol. The van der Waals surface area contributed by atoms with Gasteiger partial charge in [-0.1, -0.05) is 25.1 Å². The minimum atomic E-state index is -0.0244. The first kappa shape index (κ1) is 24.4. The van der Waals surface area contributed by atoms with E-state index in [1.54, 1.807) is 18.4 Å². The fraction of sp³-hybridized carbons (Fsp3) is 0.429. The van der Waals surface area contributed by atoms with Gasteiger partial charge in [0.1, 0.15) is 0 Å². The Morgan fingerprint density at radius 3 is 2.71 bits per heavy atom. The van der Waals surface area contributed by atoms with Crippen LogP contribution in [-0.4, -0.2) is 43.4 Å². The SMILES string of the molecule is CCC(C)NC(=O)c1cccc(CNC(=NC)N(C)CCc2cccs2)c1.I. The summed E-state index contributed by atoms with van der Waals surface area (Å²) in [6.07, 6.45) is 1.92. The van der Waals surface area contributed by atoms with Crippen molar-refractivity contribution in [3.8, 4) is 0 Å². The number of guanidine groups is 1. The molecular weight excluding hydrogens is 483 g/mol. The van der Waals surface area contributed by atoms with Gasteiger partial charge < -0.3 is 15.5 Å². The number of hydrogen-bond donors (Lipinski definition) is 2. The minimum absolute atomic E-state index is 0. The molecule has 0 bridgehead atoms. The first-order chi connectivity index (χ1) is 13.0. The third-order valence-corrected chi connectivity index (χ3v) is 5.41. The van der Waals surface area contributed by atoms with Crippen molar-refractivity contribution >= 4 is 47.2 Å². The van der Waals surface area contributed by atoms with Gasteiger partial charge >= 0.3 is 0 Å². The number of carbonyl (C=O) groups is 1. The lowest BCUT2D eigenvalue weighted by Gasteiger charge is -2.22. The average Bonchev–Trinajstić information content (AvgIpc) is 3.20. The van der Waals surface area contributed by atoms with E-state index in [0.717, 1.165) is 30.9 Å². The molecule has 0 spiro atoms. The van der Waals surface area contributed by atoms with Gasteiger partial charge in [0.25, 0.3) is 5.91 Å². The molecule has 1 amide bonds. The highest BCUT2D eigenvalue weighted by Gasteiger charge is 2.10. The Morgan fingerprint density at radius 2 is 2.07 bits per heavy atom. The van der Waals surface area contributed by atoms with Crippen LogP contribution in [-0.2, 0) is 13.0 Å². The van der Waals surface area contributed by atoms with Gasteiger partial charge in [0.05, 0.1) is 0 Å². The number of rotatable bonds is 8. The van der Waals surface area contributed by atoms with Crippen molar-refractivity contribution in [2.24, 2.45) is 4.99 Å². The van der Waals surface area contributed by atoms with Crippen LogP contribution in [0.2, 0.25) is 0 Å². The summed E-state index contributed by atoms with van der Waals surface area (Å²) in [7, 11) is 3.83. The molecule has 0 aliphatic rings. The molecule has 2 rings (SSSR count). The number of aliphatic imine (C=N–C) groups is 1. The lowest BCUT2D eigenvalue weighted by atomic mass is 10.1. The van der Waals surface area contributed by atoms with E-state index in [4.69, 9.17) is 0 Å². The molecule has 0 aliphatic heterocycles. The van der Waals surface area contributed by atoms with E-state index in [-0.39, 0.29) is 35.9 Å². The molecule has 1 heterocycles. The van der Waals surface area contributed by atoms with Crippen LogP contribution in [0.4, 0.5) is 0 Å². The highest BCUT2D eigenvalue weighted by molar-refractivity contribution is 14.0. The van der Waals surface area contributed by atoms with Crippen molar-refractivity contribution in [2.75, 3.05) is 20.6 Å². The predicted octanol–water partition coefficient (Wildman–Crippen LogP) is 4.14. The van der Waals surface area contributed by atoms with E-state index < -0.39 is 0 Å². The number of nitrogens with zero attached hydrogens (tertiary/aromatic N) is 2.